The second-order valence-corrected chi connectivity index (χ2v) is 4.68. The van der Waals surface area contributed by atoms with E-state index in [0.29, 0.717) is 23.1 Å². The molecule has 0 aliphatic rings. The lowest BCUT2D eigenvalue weighted by atomic mass is 10.2. The molecule has 0 unspecified atom stereocenters. The van der Waals surface area contributed by atoms with Crippen molar-refractivity contribution in [3.8, 4) is 17.2 Å². The van der Waals surface area contributed by atoms with Crippen LogP contribution in [-0.2, 0) is 11.3 Å². The van der Waals surface area contributed by atoms with E-state index in [1.54, 1.807) is 24.3 Å². The van der Waals surface area contributed by atoms with Gasteiger partial charge in [-0.2, -0.15) is 0 Å². The van der Waals surface area contributed by atoms with Crippen molar-refractivity contribution < 1.29 is 18.7 Å². The molecule has 2 aromatic carbocycles. The number of rotatable bonds is 5. The second-order valence-electron chi connectivity index (χ2n) is 4.68. The number of hydrogen-bond donors (Lipinski definition) is 0. The summed E-state index contributed by atoms with van der Waals surface area (Å²) >= 11 is 0. The van der Waals surface area contributed by atoms with Crippen molar-refractivity contribution in [2.75, 3.05) is 7.11 Å². The average molecular weight is 310 g/mol. The molecular weight excluding hydrogens is 296 g/mol. The van der Waals surface area contributed by atoms with Gasteiger partial charge in [0.2, 0.25) is 5.89 Å². The van der Waals surface area contributed by atoms with Crippen LogP contribution in [0.1, 0.15) is 16.2 Å². The van der Waals surface area contributed by atoms with E-state index in [4.69, 9.17) is 9.15 Å². The highest BCUT2D eigenvalue weighted by atomic mass is 16.5. The first-order chi connectivity index (χ1) is 11.3. The lowest BCUT2D eigenvalue weighted by Gasteiger charge is -2.05. The highest BCUT2D eigenvalue weighted by molar-refractivity contribution is 5.89. The van der Waals surface area contributed by atoms with Crippen molar-refractivity contribution in [2.24, 2.45) is 0 Å². The summed E-state index contributed by atoms with van der Waals surface area (Å²) in [5.74, 6) is 0.895. The fourth-order valence-electron chi connectivity index (χ4n) is 1.99. The number of aromatic nitrogens is 2. The van der Waals surface area contributed by atoms with Gasteiger partial charge in [-0.3, -0.25) is 0 Å². The first kappa shape index (κ1) is 14.8. The summed E-state index contributed by atoms with van der Waals surface area (Å²) in [6.07, 6.45) is 0. The van der Waals surface area contributed by atoms with Crippen molar-refractivity contribution in [1.82, 2.24) is 10.2 Å². The maximum Gasteiger partial charge on any atom is 0.337 e. The van der Waals surface area contributed by atoms with Crippen LogP contribution in [0.15, 0.2) is 59.0 Å². The van der Waals surface area contributed by atoms with Crippen LogP contribution in [-0.4, -0.2) is 23.3 Å². The van der Waals surface area contributed by atoms with Gasteiger partial charge in [-0.05, 0) is 30.3 Å². The summed E-state index contributed by atoms with van der Waals surface area (Å²) in [6, 6.07) is 16.2. The molecule has 0 saturated heterocycles. The number of nitrogens with zero attached hydrogens (tertiary/aromatic N) is 2. The van der Waals surface area contributed by atoms with E-state index in [2.05, 4.69) is 14.9 Å². The molecule has 6 nitrogen and oxygen atoms in total. The molecule has 0 spiro atoms. The van der Waals surface area contributed by atoms with Gasteiger partial charge in [0.1, 0.15) is 5.75 Å². The van der Waals surface area contributed by atoms with Crippen LogP contribution in [0.25, 0.3) is 11.5 Å². The Balaban J connectivity index is 1.67. The molecule has 0 aliphatic carbocycles. The fraction of sp³-hybridized carbons (Fsp3) is 0.118. The standard InChI is InChI=1S/C17H14N2O4/c1-21-17(20)13-8-5-9-14(10-13)22-11-15-18-19-16(23-15)12-6-3-2-4-7-12/h2-10H,11H2,1H3. The molecule has 1 heterocycles. The van der Waals surface area contributed by atoms with E-state index in [9.17, 15) is 4.79 Å². The van der Waals surface area contributed by atoms with Gasteiger partial charge < -0.3 is 13.9 Å². The molecule has 1 aromatic heterocycles. The van der Waals surface area contributed by atoms with Crippen LogP contribution >= 0.6 is 0 Å². The zero-order valence-electron chi connectivity index (χ0n) is 12.4. The Bertz CT molecular complexity index is 799. The molecule has 0 aliphatic heterocycles. The van der Waals surface area contributed by atoms with Gasteiger partial charge in [-0.1, -0.05) is 24.3 Å². The molecular formula is C17H14N2O4. The van der Waals surface area contributed by atoms with E-state index in [1.807, 2.05) is 30.3 Å². The van der Waals surface area contributed by atoms with Gasteiger partial charge in [0.25, 0.3) is 5.89 Å². The van der Waals surface area contributed by atoms with E-state index < -0.39 is 5.97 Å². The average Bonchev–Trinajstić information content (AvgIpc) is 3.09. The Morgan fingerprint density at radius 1 is 1.09 bits per heavy atom. The summed E-state index contributed by atoms with van der Waals surface area (Å²) in [5.41, 5.74) is 1.26. The Labute approximate surface area is 132 Å². The zero-order valence-corrected chi connectivity index (χ0v) is 12.4. The lowest BCUT2D eigenvalue weighted by molar-refractivity contribution is 0.0600. The van der Waals surface area contributed by atoms with Gasteiger partial charge in [0.05, 0.1) is 12.7 Å². The molecule has 3 rings (SSSR count). The van der Waals surface area contributed by atoms with Gasteiger partial charge in [-0.15, -0.1) is 10.2 Å². The predicted molar refractivity (Wildman–Crippen MR) is 81.8 cm³/mol. The molecule has 0 amide bonds. The van der Waals surface area contributed by atoms with Crippen LogP contribution in [0.4, 0.5) is 0 Å². The normalized spacial score (nSPS) is 10.3. The zero-order chi connectivity index (χ0) is 16.1. The van der Waals surface area contributed by atoms with Gasteiger partial charge in [0, 0.05) is 5.56 Å². The number of ether oxygens (including phenoxy) is 2. The molecule has 0 fully saturated rings. The fourth-order valence-corrected chi connectivity index (χ4v) is 1.99. The van der Waals surface area contributed by atoms with Crippen molar-refractivity contribution in [3.63, 3.8) is 0 Å². The number of carbonyl (C=O) groups is 1. The van der Waals surface area contributed by atoms with E-state index in [-0.39, 0.29) is 6.61 Å². The van der Waals surface area contributed by atoms with Gasteiger partial charge in [0.15, 0.2) is 6.61 Å². The molecule has 0 radical (unpaired) electrons. The summed E-state index contributed by atoms with van der Waals surface area (Å²) in [6.45, 7) is 0.116. The Hall–Kier alpha value is -3.15. The summed E-state index contributed by atoms with van der Waals surface area (Å²) in [4.78, 5) is 11.5. The van der Waals surface area contributed by atoms with Gasteiger partial charge >= 0.3 is 5.97 Å². The number of benzene rings is 2. The smallest absolute Gasteiger partial charge is 0.337 e. The van der Waals surface area contributed by atoms with Crippen LogP contribution in [0.3, 0.4) is 0 Å². The maximum absolute atomic E-state index is 11.5. The SMILES string of the molecule is COC(=O)c1cccc(OCc2nnc(-c3ccccc3)o2)c1. The Morgan fingerprint density at radius 3 is 2.70 bits per heavy atom. The number of hydrogen-bond acceptors (Lipinski definition) is 6. The third kappa shape index (κ3) is 3.55. The first-order valence-electron chi connectivity index (χ1n) is 6.95. The highest BCUT2D eigenvalue weighted by Crippen LogP contribution is 2.19. The topological polar surface area (TPSA) is 74.5 Å². The van der Waals surface area contributed by atoms with Gasteiger partial charge in [-0.25, -0.2) is 4.79 Å². The molecule has 3 aromatic rings. The number of esters is 1. The van der Waals surface area contributed by atoms with E-state index in [1.165, 1.54) is 7.11 Å². The third-order valence-corrected chi connectivity index (χ3v) is 3.11. The Kier molecular flexibility index (Phi) is 4.33. The first-order valence-corrected chi connectivity index (χ1v) is 6.95. The minimum atomic E-state index is -0.417. The van der Waals surface area contributed by atoms with Crippen molar-refractivity contribution in [2.45, 2.75) is 6.61 Å². The molecule has 0 bridgehead atoms. The quantitative estimate of drug-likeness (QED) is 0.674. The van der Waals surface area contributed by atoms with Crippen molar-refractivity contribution >= 4 is 5.97 Å². The third-order valence-electron chi connectivity index (χ3n) is 3.11. The molecule has 0 atom stereocenters. The summed E-state index contributed by atoms with van der Waals surface area (Å²) < 4.78 is 15.8. The van der Waals surface area contributed by atoms with Crippen LogP contribution < -0.4 is 4.74 Å². The minimum absolute atomic E-state index is 0.116. The number of carbonyl (C=O) groups excluding carboxylic acids is 1. The molecule has 6 heteroatoms. The van der Waals surface area contributed by atoms with E-state index in [0.717, 1.165) is 5.56 Å². The monoisotopic (exact) mass is 310 g/mol. The van der Waals surface area contributed by atoms with Crippen LogP contribution in [0.2, 0.25) is 0 Å². The number of methoxy groups -OCH3 is 1. The Morgan fingerprint density at radius 2 is 1.91 bits per heavy atom. The maximum atomic E-state index is 11.5. The molecule has 0 saturated carbocycles. The van der Waals surface area contributed by atoms with Crippen molar-refractivity contribution in [3.05, 3.63) is 66.1 Å². The van der Waals surface area contributed by atoms with Crippen LogP contribution in [0.5, 0.6) is 5.75 Å². The molecule has 116 valence electrons. The summed E-state index contributed by atoms with van der Waals surface area (Å²) in [5, 5.41) is 7.94. The predicted octanol–water partition coefficient (Wildman–Crippen LogP) is 3.10. The largest absolute Gasteiger partial charge is 0.484 e. The molecule has 23 heavy (non-hydrogen) atoms. The lowest BCUT2D eigenvalue weighted by Crippen LogP contribution is -2.02. The minimum Gasteiger partial charge on any atom is -0.484 e. The van der Waals surface area contributed by atoms with Crippen molar-refractivity contribution in [1.29, 1.82) is 0 Å². The highest BCUT2D eigenvalue weighted by Gasteiger charge is 2.10. The van der Waals surface area contributed by atoms with E-state index >= 15 is 0 Å². The summed E-state index contributed by atoms with van der Waals surface area (Å²) in [7, 11) is 1.33. The molecule has 0 N–H and O–H groups in total. The van der Waals surface area contributed by atoms with Crippen LogP contribution in [0, 0.1) is 0 Å². The second kappa shape index (κ2) is 6.74.